The Labute approximate surface area is 237 Å². The van der Waals surface area contributed by atoms with E-state index in [-0.39, 0.29) is 23.8 Å². The van der Waals surface area contributed by atoms with Crippen molar-refractivity contribution < 1.29 is 14.3 Å². The number of pyridine rings is 1. The summed E-state index contributed by atoms with van der Waals surface area (Å²) in [4.78, 5) is 33.6. The summed E-state index contributed by atoms with van der Waals surface area (Å²) in [5.74, 6) is 1.91. The minimum atomic E-state index is -0.273. The summed E-state index contributed by atoms with van der Waals surface area (Å²) in [6, 6.07) is 7.72. The number of thiocarbonyl (C=S) groups is 1. The van der Waals surface area contributed by atoms with E-state index >= 15 is 0 Å². The smallest absolute Gasteiger partial charge is 0.270 e. The number of thioether (sulfide) groups is 1. The second-order valence-corrected chi connectivity index (χ2v) is 11.6. The molecular formula is C28H31N5O4S2. The van der Waals surface area contributed by atoms with Crippen LogP contribution in [0.4, 0.5) is 5.82 Å². The van der Waals surface area contributed by atoms with E-state index in [0.29, 0.717) is 39.4 Å². The first-order valence-corrected chi connectivity index (χ1v) is 14.3. The third-order valence-electron chi connectivity index (χ3n) is 7.31. The molecule has 0 unspecified atom stereocenters. The number of benzene rings is 1. The second kappa shape index (κ2) is 11.4. The van der Waals surface area contributed by atoms with E-state index in [2.05, 4.69) is 29.8 Å². The Balaban J connectivity index is 1.55. The van der Waals surface area contributed by atoms with Crippen LogP contribution in [0.5, 0.6) is 11.5 Å². The monoisotopic (exact) mass is 565 g/mol. The van der Waals surface area contributed by atoms with Gasteiger partial charge in [0.25, 0.3) is 11.5 Å². The number of ether oxygens (including phenoxy) is 2. The van der Waals surface area contributed by atoms with Crippen LogP contribution in [0.3, 0.4) is 0 Å². The quantitative estimate of drug-likeness (QED) is 0.368. The topological polar surface area (TPSA) is 91.0 Å². The molecule has 2 fully saturated rings. The van der Waals surface area contributed by atoms with Gasteiger partial charge in [-0.15, -0.1) is 0 Å². The number of aromatic nitrogens is 1. The van der Waals surface area contributed by atoms with Crippen LogP contribution in [0.2, 0.25) is 0 Å². The Morgan fingerprint density at radius 2 is 1.90 bits per heavy atom. The molecule has 1 aromatic heterocycles. The zero-order chi connectivity index (χ0) is 27.7. The van der Waals surface area contributed by atoms with Gasteiger partial charge in [-0.3, -0.25) is 19.1 Å². The van der Waals surface area contributed by atoms with Crippen molar-refractivity contribution in [2.45, 2.75) is 39.8 Å². The third-order valence-corrected chi connectivity index (χ3v) is 8.69. The number of anilines is 1. The maximum Gasteiger partial charge on any atom is 0.270 e. The number of carbonyl (C=O) groups excluding carboxylic acids is 1. The van der Waals surface area contributed by atoms with Crippen LogP contribution in [-0.4, -0.2) is 64.6 Å². The van der Waals surface area contributed by atoms with Gasteiger partial charge in [0.05, 0.1) is 11.4 Å². The van der Waals surface area contributed by atoms with Gasteiger partial charge in [0.1, 0.15) is 21.8 Å². The highest BCUT2D eigenvalue weighted by Crippen LogP contribution is 2.38. The molecule has 2 aromatic rings. The van der Waals surface area contributed by atoms with Crippen molar-refractivity contribution in [3.63, 3.8) is 0 Å². The normalized spacial score (nSPS) is 18.4. The summed E-state index contributed by atoms with van der Waals surface area (Å²) in [5, 5.41) is 9.91. The molecule has 5 rings (SSSR count). The average Bonchev–Trinajstić information content (AvgIpc) is 3.50. The molecule has 0 N–H and O–H groups in total. The molecule has 0 aliphatic carbocycles. The van der Waals surface area contributed by atoms with Crippen molar-refractivity contribution in [1.82, 2.24) is 14.4 Å². The summed E-state index contributed by atoms with van der Waals surface area (Å²) < 4.78 is 13.1. The van der Waals surface area contributed by atoms with Crippen LogP contribution in [0.15, 0.2) is 27.9 Å². The lowest BCUT2D eigenvalue weighted by Gasteiger charge is -2.36. The zero-order valence-corrected chi connectivity index (χ0v) is 24.0. The molecule has 3 aliphatic heterocycles. The van der Waals surface area contributed by atoms with E-state index < -0.39 is 0 Å². The van der Waals surface area contributed by atoms with Gasteiger partial charge in [0, 0.05) is 38.3 Å². The Morgan fingerprint density at radius 1 is 1.15 bits per heavy atom. The van der Waals surface area contributed by atoms with Crippen LogP contribution in [0.25, 0.3) is 6.08 Å². The minimum Gasteiger partial charge on any atom is -0.454 e. The molecule has 0 saturated carbocycles. The number of nitriles is 1. The standard InChI is InChI=1S/C28H31N5O4S2/c1-4-5-8-32-25(31-11-9-30(3)10-12-31)20(18(2)21(15-29)26(32)34)14-24-27(35)33(28(38)39-24)16-19-6-7-22-23(13-19)37-17-36-22/h6-7,13-14H,4-5,8-12,16-17H2,1-3H3/b24-14+. The summed E-state index contributed by atoms with van der Waals surface area (Å²) in [7, 11) is 2.08. The van der Waals surface area contributed by atoms with Crippen molar-refractivity contribution in [3.05, 3.63) is 55.7 Å². The van der Waals surface area contributed by atoms with Crippen molar-refractivity contribution in [2.24, 2.45) is 0 Å². The average molecular weight is 566 g/mol. The number of hydrogen-bond acceptors (Lipinski definition) is 9. The molecule has 0 atom stereocenters. The van der Waals surface area contributed by atoms with Crippen molar-refractivity contribution in [3.8, 4) is 17.6 Å². The van der Waals surface area contributed by atoms with Crippen LogP contribution < -0.4 is 19.9 Å². The number of hydrogen-bond donors (Lipinski definition) is 0. The number of likely N-dealkylation sites (N-methyl/N-ethyl adjacent to an activating group) is 1. The van der Waals surface area contributed by atoms with E-state index in [1.54, 1.807) is 16.4 Å². The molecule has 0 radical (unpaired) electrons. The third kappa shape index (κ3) is 5.29. The Bertz CT molecular complexity index is 1450. The van der Waals surface area contributed by atoms with E-state index in [1.807, 2.05) is 24.3 Å². The fourth-order valence-electron chi connectivity index (χ4n) is 5.02. The molecule has 1 amide bonds. The summed E-state index contributed by atoms with van der Waals surface area (Å²) in [6.07, 6.45) is 3.55. The molecule has 4 heterocycles. The highest BCUT2D eigenvalue weighted by molar-refractivity contribution is 8.26. The van der Waals surface area contributed by atoms with E-state index in [9.17, 15) is 14.9 Å². The molecule has 39 heavy (non-hydrogen) atoms. The fraction of sp³-hybridized carbons (Fsp3) is 0.429. The van der Waals surface area contributed by atoms with Gasteiger partial charge in [0.15, 0.2) is 11.5 Å². The van der Waals surface area contributed by atoms with Crippen molar-refractivity contribution in [2.75, 3.05) is 44.9 Å². The Morgan fingerprint density at radius 3 is 2.62 bits per heavy atom. The fourth-order valence-corrected chi connectivity index (χ4v) is 6.25. The molecule has 0 spiro atoms. The molecule has 2 saturated heterocycles. The maximum atomic E-state index is 13.6. The Kier molecular flexibility index (Phi) is 7.98. The minimum absolute atomic E-state index is 0.117. The second-order valence-electron chi connectivity index (χ2n) is 9.91. The van der Waals surface area contributed by atoms with Crippen LogP contribution in [0.1, 0.15) is 42.0 Å². The predicted molar refractivity (Wildman–Crippen MR) is 156 cm³/mol. The lowest BCUT2D eigenvalue weighted by molar-refractivity contribution is -0.122. The summed E-state index contributed by atoms with van der Waals surface area (Å²) >= 11 is 6.86. The van der Waals surface area contributed by atoms with E-state index in [4.69, 9.17) is 21.7 Å². The van der Waals surface area contributed by atoms with Gasteiger partial charge in [-0.25, -0.2) is 0 Å². The van der Waals surface area contributed by atoms with Crippen LogP contribution in [0, 0.1) is 18.3 Å². The van der Waals surface area contributed by atoms with Gasteiger partial charge in [-0.1, -0.05) is 43.4 Å². The SMILES string of the molecule is CCCCn1c(N2CCN(C)CC2)c(/C=C2/SC(=S)N(Cc3ccc4c(c3)OCO4)C2=O)c(C)c(C#N)c1=O. The van der Waals surface area contributed by atoms with Gasteiger partial charge in [0.2, 0.25) is 6.79 Å². The predicted octanol–water partition coefficient (Wildman–Crippen LogP) is 3.71. The lowest BCUT2D eigenvalue weighted by Crippen LogP contribution is -2.47. The largest absolute Gasteiger partial charge is 0.454 e. The highest BCUT2D eigenvalue weighted by atomic mass is 32.2. The van der Waals surface area contributed by atoms with Crippen molar-refractivity contribution in [1.29, 1.82) is 5.26 Å². The van der Waals surface area contributed by atoms with E-state index in [0.717, 1.165) is 56.0 Å². The molecule has 204 valence electrons. The first kappa shape index (κ1) is 27.2. The maximum absolute atomic E-state index is 13.6. The first-order valence-electron chi connectivity index (χ1n) is 13.1. The zero-order valence-electron chi connectivity index (χ0n) is 22.4. The van der Waals surface area contributed by atoms with Gasteiger partial charge in [-0.2, -0.15) is 5.26 Å². The molecular weight excluding hydrogens is 534 g/mol. The lowest BCUT2D eigenvalue weighted by atomic mass is 10.0. The molecule has 0 bridgehead atoms. The number of nitrogens with zero attached hydrogens (tertiary/aromatic N) is 5. The summed E-state index contributed by atoms with van der Waals surface area (Å²) in [6.45, 7) is 8.09. The number of piperazine rings is 1. The van der Waals surface area contributed by atoms with Gasteiger partial charge >= 0.3 is 0 Å². The number of amides is 1. The highest BCUT2D eigenvalue weighted by Gasteiger charge is 2.34. The van der Waals surface area contributed by atoms with Gasteiger partial charge < -0.3 is 19.3 Å². The van der Waals surface area contributed by atoms with Gasteiger partial charge in [-0.05, 0) is 49.7 Å². The van der Waals surface area contributed by atoms with E-state index in [1.165, 1.54) is 11.8 Å². The molecule has 9 nitrogen and oxygen atoms in total. The Hall–Kier alpha value is -3.33. The molecule has 3 aliphatic rings. The summed E-state index contributed by atoms with van der Waals surface area (Å²) in [5.41, 5.74) is 2.04. The number of unbranched alkanes of at least 4 members (excludes halogenated alkanes) is 1. The number of carbonyl (C=O) groups is 1. The number of fused-ring (bicyclic) bond motifs is 1. The van der Waals surface area contributed by atoms with Crippen LogP contribution >= 0.6 is 24.0 Å². The number of rotatable bonds is 7. The van der Waals surface area contributed by atoms with Crippen molar-refractivity contribution >= 4 is 46.1 Å². The molecule has 11 heteroatoms. The first-order chi connectivity index (χ1) is 18.8. The van der Waals surface area contributed by atoms with Crippen LogP contribution in [-0.2, 0) is 17.9 Å². The molecule has 1 aromatic carbocycles.